The molecule has 0 bridgehead atoms. The van der Waals surface area contributed by atoms with Crippen molar-refractivity contribution in [3.8, 4) is 5.75 Å². The minimum absolute atomic E-state index is 0.0894. The van der Waals surface area contributed by atoms with Crippen LogP contribution in [0.3, 0.4) is 0 Å². The Morgan fingerprint density at radius 1 is 1.00 bits per heavy atom. The molecule has 3 rings (SSSR count). The van der Waals surface area contributed by atoms with Crippen LogP contribution >= 0.6 is 0 Å². The van der Waals surface area contributed by atoms with E-state index in [0.29, 0.717) is 29.3 Å². The molecule has 2 aromatic carbocycles. The molecule has 0 aliphatic heterocycles. The van der Waals surface area contributed by atoms with E-state index in [0.717, 1.165) is 5.56 Å². The molecule has 0 atom stereocenters. The summed E-state index contributed by atoms with van der Waals surface area (Å²) in [5.41, 5.74) is 3.37. The Kier molecular flexibility index (Phi) is 6.11. The third-order valence-electron chi connectivity index (χ3n) is 4.28. The van der Waals surface area contributed by atoms with E-state index in [1.165, 1.54) is 5.56 Å². The molecule has 144 valence electrons. The van der Waals surface area contributed by atoms with Gasteiger partial charge in [0, 0.05) is 11.3 Å². The van der Waals surface area contributed by atoms with Gasteiger partial charge in [-0.05, 0) is 73.5 Å². The molecule has 6 nitrogen and oxygen atoms in total. The largest absolute Gasteiger partial charge is 0.484 e. The Labute approximate surface area is 163 Å². The lowest BCUT2D eigenvalue weighted by molar-refractivity contribution is -0.118. The standard InChI is InChI=1S/C22H22N2O4/c1-15-5-10-19(12-16(15)2)28-14-21(25)24-18-8-6-17(7-9-18)22(26)23-13-20-4-3-11-27-20/h3-12H,13-14H2,1-2H3,(H,23,26)(H,24,25). The van der Waals surface area contributed by atoms with E-state index < -0.39 is 0 Å². The van der Waals surface area contributed by atoms with Gasteiger partial charge in [-0.2, -0.15) is 0 Å². The number of hydrogen-bond acceptors (Lipinski definition) is 4. The fourth-order valence-electron chi connectivity index (χ4n) is 2.54. The van der Waals surface area contributed by atoms with Gasteiger partial charge in [0.05, 0.1) is 12.8 Å². The first-order valence-electron chi connectivity index (χ1n) is 8.92. The van der Waals surface area contributed by atoms with Crippen molar-refractivity contribution in [3.05, 3.63) is 83.3 Å². The Morgan fingerprint density at radius 3 is 2.46 bits per heavy atom. The molecular formula is C22H22N2O4. The number of hydrogen-bond donors (Lipinski definition) is 2. The third-order valence-corrected chi connectivity index (χ3v) is 4.28. The van der Waals surface area contributed by atoms with Crippen LogP contribution in [-0.4, -0.2) is 18.4 Å². The van der Waals surface area contributed by atoms with Gasteiger partial charge in [-0.1, -0.05) is 6.07 Å². The SMILES string of the molecule is Cc1ccc(OCC(=O)Nc2ccc(C(=O)NCc3ccco3)cc2)cc1C. The van der Waals surface area contributed by atoms with Gasteiger partial charge in [0.1, 0.15) is 11.5 Å². The van der Waals surface area contributed by atoms with Crippen LogP contribution in [0.2, 0.25) is 0 Å². The highest BCUT2D eigenvalue weighted by molar-refractivity contribution is 5.96. The van der Waals surface area contributed by atoms with Crippen molar-refractivity contribution in [3.63, 3.8) is 0 Å². The number of carbonyl (C=O) groups is 2. The Hall–Kier alpha value is -3.54. The average molecular weight is 378 g/mol. The first-order chi connectivity index (χ1) is 13.5. The quantitative estimate of drug-likeness (QED) is 0.654. The summed E-state index contributed by atoms with van der Waals surface area (Å²) in [6.07, 6.45) is 1.56. The highest BCUT2D eigenvalue weighted by Gasteiger charge is 2.08. The molecule has 0 fully saturated rings. The highest BCUT2D eigenvalue weighted by Crippen LogP contribution is 2.16. The maximum Gasteiger partial charge on any atom is 0.262 e. The van der Waals surface area contributed by atoms with Gasteiger partial charge >= 0.3 is 0 Å². The van der Waals surface area contributed by atoms with Crippen LogP contribution < -0.4 is 15.4 Å². The van der Waals surface area contributed by atoms with Crippen molar-refractivity contribution in [2.45, 2.75) is 20.4 Å². The first kappa shape index (κ1) is 19.2. The van der Waals surface area contributed by atoms with Gasteiger partial charge in [-0.3, -0.25) is 9.59 Å². The third kappa shape index (κ3) is 5.23. The topological polar surface area (TPSA) is 80.6 Å². The summed E-state index contributed by atoms with van der Waals surface area (Å²) in [4.78, 5) is 24.2. The average Bonchev–Trinajstić information content (AvgIpc) is 3.21. The molecule has 1 aromatic heterocycles. The van der Waals surface area contributed by atoms with Gasteiger partial charge in [-0.25, -0.2) is 0 Å². The molecule has 0 saturated carbocycles. The Morgan fingerprint density at radius 2 is 1.79 bits per heavy atom. The molecule has 3 aromatic rings. The number of amides is 2. The second-order valence-electron chi connectivity index (χ2n) is 6.42. The molecule has 0 unspecified atom stereocenters. The summed E-state index contributed by atoms with van der Waals surface area (Å²) in [7, 11) is 0. The molecule has 1 heterocycles. The van der Waals surface area contributed by atoms with Crippen molar-refractivity contribution in [2.75, 3.05) is 11.9 Å². The molecule has 28 heavy (non-hydrogen) atoms. The summed E-state index contributed by atoms with van der Waals surface area (Å²) < 4.78 is 10.7. The smallest absolute Gasteiger partial charge is 0.262 e. The molecule has 0 aliphatic carbocycles. The fraction of sp³-hybridized carbons (Fsp3) is 0.182. The van der Waals surface area contributed by atoms with Gasteiger partial charge in [0.25, 0.3) is 11.8 Å². The van der Waals surface area contributed by atoms with Gasteiger partial charge < -0.3 is 19.8 Å². The minimum Gasteiger partial charge on any atom is -0.484 e. The van der Waals surface area contributed by atoms with Crippen LogP contribution in [0.25, 0.3) is 0 Å². The second kappa shape index (κ2) is 8.90. The van der Waals surface area contributed by atoms with Crippen LogP contribution in [0.1, 0.15) is 27.2 Å². The lowest BCUT2D eigenvalue weighted by Gasteiger charge is -2.09. The van der Waals surface area contributed by atoms with E-state index >= 15 is 0 Å². The molecule has 2 N–H and O–H groups in total. The second-order valence-corrected chi connectivity index (χ2v) is 6.42. The van der Waals surface area contributed by atoms with Crippen LogP contribution in [0, 0.1) is 13.8 Å². The Balaban J connectivity index is 1.48. The van der Waals surface area contributed by atoms with Gasteiger partial charge in [0.2, 0.25) is 0 Å². The lowest BCUT2D eigenvalue weighted by Crippen LogP contribution is -2.23. The summed E-state index contributed by atoms with van der Waals surface area (Å²) in [5.74, 6) is 0.850. The summed E-state index contributed by atoms with van der Waals surface area (Å²) in [5, 5.41) is 5.52. The zero-order valence-electron chi connectivity index (χ0n) is 15.8. The minimum atomic E-state index is -0.270. The number of nitrogens with one attached hydrogen (secondary N) is 2. The first-order valence-corrected chi connectivity index (χ1v) is 8.92. The molecule has 0 spiro atoms. The molecular weight excluding hydrogens is 356 g/mol. The normalized spacial score (nSPS) is 10.4. The summed E-state index contributed by atoms with van der Waals surface area (Å²) in [6, 6.07) is 15.9. The van der Waals surface area contributed by atoms with Crippen LogP contribution in [0.4, 0.5) is 5.69 Å². The highest BCUT2D eigenvalue weighted by atomic mass is 16.5. The number of furan rings is 1. The zero-order chi connectivity index (χ0) is 19.9. The number of benzene rings is 2. The number of anilines is 1. The fourth-order valence-corrected chi connectivity index (χ4v) is 2.54. The number of carbonyl (C=O) groups excluding carboxylic acids is 2. The van der Waals surface area contributed by atoms with Crippen molar-refractivity contribution in [1.82, 2.24) is 5.32 Å². The van der Waals surface area contributed by atoms with Crippen molar-refractivity contribution >= 4 is 17.5 Å². The molecule has 6 heteroatoms. The predicted molar refractivity (Wildman–Crippen MR) is 106 cm³/mol. The number of aryl methyl sites for hydroxylation is 2. The van der Waals surface area contributed by atoms with E-state index in [1.807, 2.05) is 32.0 Å². The van der Waals surface area contributed by atoms with Crippen LogP contribution in [0.15, 0.2) is 65.3 Å². The van der Waals surface area contributed by atoms with Crippen molar-refractivity contribution in [1.29, 1.82) is 0 Å². The molecule has 2 amide bonds. The van der Waals surface area contributed by atoms with Crippen molar-refractivity contribution in [2.24, 2.45) is 0 Å². The summed E-state index contributed by atoms with van der Waals surface area (Å²) >= 11 is 0. The maximum atomic E-state index is 12.1. The van der Waals surface area contributed by atoms with Gasteiger partial charge in [-0.15, -0.1) is 0 Å². The molecule has 0 saturated heterocycles. The van der Waals surface area contributed by atoms with E-state index in [2.05, 4.69) is 10.6 Å². The Bertz CT molecular complexity index is 947. The molecule has 0 aliphatic rings. The van der Waals surface area contributed by atoms with E-state index in [-0.39, 0.29) is 18.4 Å². The monoisotopic (exact) mass is 378 g/mol. The molecule has 0 radical (unpaired) electrons. The predicted octanol–water partition coefficient (Wildman–Crippen LogP) is 3.84. The summed E-state index contributed by atoms with van der Waals surface area (Å²) in [6.45, 7) is 4.25. The van der Waals surface area contributed by atoms with Crippen LogP contribution in [0.5, 0.6) is 5.75 Å². The van der Waals surface area contributed by atoms with E-state index in [9.17, 15) is 9.59 Å². The number of ether oxygens (including phenoxy) is 1. The van der Waals surface area contributed by atoms with Gasteiger partial charge in [0.15, 0.2) is 6.61 Å². The van der Waals surface area contributed by atoms with Crippen LogP contribution in [-0.2, 0) is 11.3 Å². The van der Waals surface area contributed by atoms with E-state index in [4.69, 9.17) is 9.15 Å². The number of rotatable bonds is 7. The lowest BCUT2D eigenvalue weighted by atomic mass is 10.1. The van der Waals surface area contributed by atoms with E-state index in [1.54, 1.807) is 42.7 Å². The van der Waals surface area contributed by atoms with Crippen molar-refractivity contribution < 1.29 is 18.7 Å². The zero-order valence-corrected chi connectivity index (χ0v) is 15.8. The maximum absolute atomic E-state index is 12.1.